The maximum Gasteiger partial charge on any atom is 0.340 e. The van der Waals surface area contributed by atoms with Gasteiger partial charge in [0.15, 0.2) is 11.6 Å². The Morgan fingerprint density at radius 3 is 2.40 bits per heavy atom. The molecule has 3 aromatic carbocycles. The van der Waals surface area contributed by atoms with Gasteiger partial charge >= 0.3 is 5.97 Å². The summed E-state index contributed by atoms with van der Waals surface area (Å²) in [5.74, 6) is -5.17. The van der Waals surface area contributed by atoms with E-state index in [2.05, 4.69) is 10.1 Å². The fraction of sp³-hybridized carbons (Fsp3) is 0.136. The van der Waals surface area contributed by atoms with Crippen LogP contribution in [0.3, 0.4) is 0 Å². The average Bonchev–Trinajstić information content (AvgIpc) is 2.71. The summed E-state index contributed by atoms with van der Waals surface area (Å²) >= 11 is 0. The van der Waals surface area contributed by atoms with E-state index in [1.54, 1.807) is 13.0 Å². The molecule has 0 aromatic heterocycles. The number of anilines is 3. The molecule has 4 nitrogen and oxygen atoms in total. The summed E-state index contributed by atoms with van der Waals surface area (Å²) in [7, 11) is 1.07. The minimum atomic E-state index is -1.42. The molecule has 0 aliphatic heterocycles. The topological polar surface area (TPSA) is 64.3 Å². The van der Waals surface area contributed by atoms with E-state index < -0.39 is 34.9 Å². The van der Waals surface area contributed by atoms with Gasteiger partial charge in [-0.3, -0.25) is 0 Å². The Labute approximate surface area is 170 Å². The van der Waals surface area contributed by atoms with Crippen LogP contribution in [0.2, 0.25) is 0 Å². The Balaban J connectivity index is 2.11. The van der Waals surface area contributed by atoms with Crippen LogP contribution < -0.4 is 11.1 Å². The number of nitrogen functional groups attached to an aromatic ring is 1. The molecular formula is C22H18F4N2O2. The summed E-state index contributed by atoms with van der Waals surface area (Å²) in [4.78, 5) is 12.2. The minimum Gasteiger partial charge on any atom is -0.465 e. The Bertz CT molecular complexity index is 1130. The van der Waals surface area contributed by atoms with E-state index in [0.717, 1.165) is 13.2 Å². The van der Waals surface area contributed by atoms with Crippen molar-refractivity contribution < 1.29 is 27.1 Å². The van der Waals surface area contributed by atoms with Crippen molar-refractivity contribution in [2.75, 3.05) is 18.2 Å². The maximum absolute atomic E-state index is 14.9. The molecule has 0 heterocycles. The summed E-state index contributed by atoms with van der Waals surface area (Å²) in [6, 6.07) is 9.31. The van der Waals surface area contributed by atoms with Gasteiger partial charge in [-0.25, -0.2) is 22.4 Å². The number of esters is 1. The molecule has 0 aliphatic rings. The Kier molecular flexibility index (Phi) is 5.96. The molecule has 0 radical (unpaired) electrons. The molecule has 0 saturated heterocycles. The van der Waals surface area contributed by atoms with Crippen molar-refractivity contribution in [1.82, 2.24) is 0 Å². The molecule has 0 fully saturated rings. The van der Waals surface area contributed by atoms with Gasteiger partial charge in [-0.2, -0.15) is 0 Å². The predicted molar refractivity (Wildman–Crippen MR) is 106 cm³/mol. The molecule has 3 N–H and O–H groups in total. The second-order valence-corrected chi connectivity index (χ2v) is 6.68. The molecule has 0 aliphatic carbocycles. The summed E-state index contributed by atoms with van der Waals surface area (Å²) in [5.41, 5.74) is 4.63. The van der Waals surface area contributed by atoms with Gasteiger partial charge < -0.3 is 15.8 Å². The van der Waals surface area contributed by atoms with E-state index >= 15 is 0 Å². The molecule has 0 spiro atoms. The van der Waals surface area contributed by atoms with Crippen LogP contribution in [0.1, 0.15) is 27.0 Å². The third-order valence-electron chi connectivity index (χ3n) is 4.56. The normalized spacial score (nSPS) is 10.7. The molecule has 3 rings (SSSR count). The number of ether oxygens (including phenoxy) is 1. The molecule has 0 unspecified atom stereocenters. The number of benzene rings is 3. The second kappa shape index (κ2) is 8.44. The average molecular weight is 418 g/mol. The number of hydrogen-bond acceptors (Lipinski definition) is 4. The van der Waals surface area contributed by atoms with Gasteiger partial charge in [0.1, 0.15) is 11.6 Å². The van der Waals surface area contributed by atoms with Crippen LogP contribution in [0.15, 0.2) is 42.5 Å². The van der Waals surface area contributed by atoms with E-state index in [9.17, 15) is 22.4 Å². The second-order valence-electron chi connectivity index (χ2n) is 6.68. The van der Waals surface area contributed by atoms with Gasteiger partial charge in [0.2, 0.25) is 0 Å². The predicted octanol–water partition coefficient (Wildman–Crippen LogP) is 5.25. The lowest BCUT2D eigenvalue weighted by atomic mass is 9.99. The van der Waals surface area contributed by atoms with Gasteiger partial charge in [-0.1, -0.05) is 18.2 Å². The lowest BCUT2D eigenvalue weighted by molar-refractivity contribution is 0.0601. The first-order valence-electron chi connectivity index (χ1n) is 8.88. The highest BCUT2D eigenvalue weighted by Gasteiger charge is 2.24. The van der Waals surface area contributed by atoms with Gasteiger partial charge in [0.25, 0.3) is 0 Å². The fourth-order valence-electron chi connectivity index (χ4n) is 3.00. The van der Waals surface area contributed by atoms with Crippen LogP contribution in [0.25, 0.3) is 0 Å². The van der Waals surface area contributed by atoms with Crippen molar-refractivity contribution in [3.63, 3.8) is 0 Å². The molecule has 156 valence electrons. The summed E-state index contributed by atoms with van der Waals surface area (Å²) < 4.78 is 62.7. The van der Waals surface area contributed by atoms with Crippen LogP contribution in [0.4, 0.5) is 34.6 Å². The number of aryl methyl sites for hydroxylation is 1. The number of nitrogens with one attached hydrogen (secondary N) is 1. The third-order valence-corrected chi connectivity index (χ3v) is 4.56. The molecule has 0 bridgehead atoms. The molecule has 0 amide bonds. The molecule has 30 heavy (non-hydrogen) atoms. The van der Waals surface area contributed by atoms with Crippen LogP contribution in [-0.4, -0.2) is 13.1 Å². The van der Waals surface area contributed by atoms with Crippen LogP contribution in [0, 0.1) is 30.2 Å². The molecule has 3 aromatic rings. The van der Waals surface area contributed by atoms with E-state index in [1.165, 1.54) is 30.3 Å². The quantitative estimate of drug-likeness (QED) is 0.337. The molecular weight excluding hydrogens is 400 g/mol. The Morgan fingerprint density at radius 2 is 1.73 bits per heavy atom. The monoisotopic (exact) mass is 418 g/mol. The standard InChI is InChI=1S/C22H18F4N2O2/c1-11-6-7-17(15(23)8-11)28-21-14(22(29)30-2)10-13(19(25)20(21)26)9-12-4-3-5-16(27)18(12)24/h3-8,10,28H,9,27H2,1-2H3. The zero-order valence-electron chi connectivity index (χ0n) is 16.2. The van der Waals surface area contributed by atoms with Crippen molar-refractivity contribution >= 4 is 23.0 Å². The zero-order chi connectivity index (χ0) is 22.0. The van der Waals surface area contributed by atoms with Crippen LogP contribution >= 0.6 is 0 Å². The van der Waals surface area contributed by atoms with Crippen molar-refractivity contribution in [2.45, 2.75) is 13.3 Å². The smallest absolute Gasteiger partial charge is 0.340 e. The van der Waals surface area contributed by atoms with Crippen molar-refractivity contribution in [3.8, 4) is 0 Å². The highest BCUT2D eigenvalue weighted by molar-refractivity contribution is 5.97. The van der Waals surface area contributed by atoms with Gasteiger partial charge in [-0.05, 0) is 47.9 Å². The number of halogens is 4. The summed E-state index contributed by atoms with van der Waals surface area (Å²) in [6.07, 6.45) is -0.358. The van der Waals surface area contributed by atoms with Gasteiger partial charge in [0, 0.05) is 6.42 Å². The lowest BCUT2D eigenvalue weighted by Gasteiger charge is -2.16. The number of nitrogens with two attached hydrogens (primary N) is 1. The molecule has 0 atom stereocenters. The van der Waals surface area contributed by atoms with Crippen LogP contribution in [-0.2, 0) is 11.2 Å². The lowest BCUT2D eigenvalue weighted by Crippen LogP contribution is -2.12. The van der Waals surface area contributed by atoms with Gasteiger partial charge in [0.05, 0.1) is 29.7 Å². The van der Waals surface area contributed by atoms with Crippen molar-refractivity contribution in [3.05, 3.63) is 88.0 Å². The SMILES string of the molecule is COC(=O)c1cc(Cc2cccc(N)c2F)c(F)c(F)c1Nc1ccc(C)cc1F. The van der Waals surface area contributed by atoms with E-state index in [1.807, 2.05) is 0 Å². The van der Waals surface area contributed by atoms with E-state index in [-0.39, 0.29) is 34.5 Å². The minimum absolute atomic E-state index is 0.0226. The fourth-order valence-corrected chi connectivity index (χ4v) is 3.00. The Morgan fingerprint density at radius 1 is 1.00 bits per heavy atom. The van der Waals surface area contributed by atoms with Gasteiger partial charge in [-0.15, -0.1) is 0 Å². The highest BCUT2D eigenvalue weighted by Crippen LogP contribution is 2.32. The van der Waals surface area contributed by atoms with Crippen molar-refractivity contribution in [1.29, 1.82) is 0 Å². The van der Waals surface area contributed by atoms with E-state index in [0.29, 0.717) is 5.56 Å². The van der Waals surface area contributed by atoms with E-state index in [4.69, 9.17) is 5.73 Å². The number of rotatable bonds is 5. The third kappa shape index (κ3) is 4.07. The maximum atomic E-state index is 14.9. The van der Waals surface area contributed by atoms with Crippen molar-refractivity contribution in [2.24, 2.45) is 0 Å². The van der Waals surface area contributed by atoms with Crippen LogP contribution in [0.5, 0.6) is 0 Å². The largest absolute Gasteiger partial charge is 0.465 e. The first-order valence-corrected chi connectivity index (χ1v) is 8.88. The first kappa shape index (κ1) is 21.2. The number of carbonyl (C=O) groups is 1. The summed E-state index contributed by atoms with van der Waals surface area (Å²) in [5, 5.41) is 2.42. The Hall–Kier alpha value is -3.55. The number of methoxy groups -OCH3 is 1. The number of hydrogen-bond donors (Lipinski definition) is 2. The number of carbonyl (C=O) groups excluding carboxylic acids is 1. The zero-order valence-corrected chi connectivity index (χ0v) is 16.2. The molecule has 8 heteroatoms. The highest BCUT2D eigenvalue weighted by atomic mass is 19.2. The molecule has 0 saturated carbocycles. The summed E-state index contributed by atoms with van der Waals surface area (Å²) in [6.45, 7) is 1.66. The first-order chi connectivity index (χ1) is 14.2.